The fraction of sp³-hybridized carbons (Fsp3) is 0.0476. The van der Waals surface area contributed by atoms with Crippen molar-refractivity contribution < 1.29 is 14.3 Å². The maximum Gasteiger partial charge on any atom is 0.349 e. The predicted octanol–water partition coefficient (Wildman–Crippen LogP) is 3.06. The van der Waals surface area contributed by atoms with Gasteiger partial charge in [0.15, 0.2) is 5.52 Å². The van der Waals surface area contributed by atoms with Crippen molar-refractivity contribution in [3.8, 4) is 11.5 Å². The summed E-state index contributed by atoms with van der Waals surface area (Å²) < 4.78 is 7.44. The number of aromatic nitrogens is 2. The van der Waals surface area contributed by atoms with Crippen LogP contribution in [0.25, 0.3) is 11.0 Å². The summed E-state index contributed by atoms with van der Waals surface area (Å²) in [5, 5.41) is 11.8. The molecule has 134 valence electrons. The van der Waals surface area contributed by atoms with E-state index in [4.69, 9.17) is 9.57 Å². The highest BCUT2D eigenvalue weighted by Gasteiger charge is 2.12. The van der Waals surface area contributed by atoms with Crippen molar-refractivity contribution in [3.05, 3.63) is 106 Å². The Morgan fingerprint density at radius 3 is 2.30 bits per heavy atom. The zero-order valence-electron chi connectivity index (χ0n) is 14.3. The number of rotatable bonds is 5. The lowest BCUT2D eigenvalue weighted by molar-refractivity contribution is -0.578. The number of hydrogen-bond donors (Lipinski definition) is 0. The molecule has 0 saturated carbocycles. The van der Waals surface area contributed by atoms with Crippen LogP contribution in [0.2, 0.25) is 0 Å². The molecule has 0 bridgehead atoms. The van der Waals surface area contributed by atoms with Gasteiger partial charge in [-0.25, -0.2) is 0 Å². The third-order valence-electron chi connectivity index (χ3n) is 4.03. The zero-order valence-corrected chi connectivity index (χ0v) is 14.3. The van der Waals surface area contributed by atoms with Crippen molar-refractivity contribution in [2.24, 2.45) is 0 Å². The van der Waals surface area contributed by atoms with Gasteiger partial charge in [-0.3, -0.25) is 4.79 Å². The van der Waals surface area contributed by atoms with Crippen molar-refractivity contribution in [3.63, 3.8) is 0 Å². The monoisotopic (exact) mass is 360 g/mol. The third-order valence-corrected chi connectivity index (χ3v) is 4.03. The molecule has 0 unspecified atom stereocenters. The van der Waals surface area contributed by atoms with Gasteiger partial charge in [-0.2, -0.15) is 4.73 Å². The summed E-state index contributed by atoms with van der Waals surface area (Å²) in [6.07, 6.45) is 0.957. The first-order valence-electron chi connectivity index (χ1n) is 8.40. The predicted molar refractivity (Wildman–Crippen MR) is 100 cm³/mol. The lowest BCUT2D eigenvalue weighted by Gasteiger charge is -2.11. The summed E-state index contributed by atoms with van der Waals surface area (Å²) in [5.41, 5.74) is 1.13. The number of hydrogen-bond acceptors (Lipinski definition) is 4. The van der Waals surface area contributed by atoms with Crippen molar-refractivity contribution in [1.82, 2.24) is 4.73 Å². The average molecular weight is 360 g/mol. The Balaban J connectivity index is 1.51. The smallest absolute Gasteiger partial charge is 0.349 e. The Bertz CT molecular complexity index is 1120. The average Bonchev–Trinajstić information content (AvgIpc) is 2.70. The minimum absolute atomic E-state index is 0.179. The number of benzene rings is 3. The van der Waals surface area contributed by atoms with Crippen molar-refractivity contribution in [2.45, 2.75) is 6.61 Å². The second-order valence-electron chi connectivity index (χ2n) is 5.91. The molecule has 0 aliphatic carbocycles. The number of para-hydroxylation sites is 3. The number of nitrogens with zero attached hydrogens (tertiary/aromatic N) is 2. The minimum atomic E-state index is -0.521. The zero-order chi connectivity index (χ0) is 18.6. The fourth-order valence-corrected chi connectivity index (χ4v) is 2.71. The van der Waals surface area contributed by atoms with Gasteiger partial charge in [-0.15, -0.1) is 4.73 Å². The van der Waals surface area contributed by atoms with Crippen LogP contribution in [0.15, 0.2) is 89.9 Å². The highest BCUT2D eigenvalue weighted by Crippen LogP contribution is 2.21. The largest absolute Gasteiger partial charge is 0.618 e. The first kappa shape index (κ1) is 16.7. The number of ether oxygens (including phenoxy) is 1. The molecule has 0 spiro atoms. The van der Waals surface area contributed by atoms with Crippen LogP contribution in [0.3, 0.4) is 0 Å². The molecule has 0 aliphatic heterocycles. The fourth-order valence-electron chi connectivity index (χ4n) is 2.71. The summed E-state index contributed by atoms with van der Waals surface area (Å²) in [6, 6.07) is 23.7. The van der Waals surface area contributed by atoms with E-state index >= 15 is 0 Å². The van der Waals surface area contributed by atoms with Gasteiger partial charge in [0.1, 0.15) is 18.1 Å². The summed E-state index contributed by atoms with van der Waals surface area (Å²) >= 11 is 0. The molecule has 0 N–H and O–H groups in total. The molecule has 0 fully saturated rings. The normalized spacial score (nSPS) is 10.7. The highest BCUT2D eigenvalue weighted by molar-refractivity contribution is 5.70. The second-order valence-corrected chi connectivity index (χ2v) is 5.91. The molecule has 0 radical (unpaired) electrons. The first-order valence-corrected chi connectivity index (χ1v) is 8.40. The molecule has 27 heavy (non-hydrogen) atoms. The van der Waals surface area contributed by atoms with Gasteiger partial charge < -0.3 is 14.8 Å². The van der Waals surface area contributed by atoms with Gasteiger partial charge in [0.25, 0.3) is 0 Å². The Hall–Kier alpha value is -3.80. The molecule has 6 heteroatoms. The molecule has 0 atom stereocenters. The van der Waals surface area contributed by atoms with Crippen molar-refractivity contribution in [2.75, 3.05) is 0 Å². The van der Waals surface area contributed by atoms with E-state index in [0.29, 0.717) is 21.5 Å². The van der Waals surface area contributed by atoms with E-state index in [-0.39, 0.29) is 6.61 Å². The van der Waals surface area contributed by atoms with Crippen LogP contribution in [0.4, 0.5) is 0 Å². The van der Waals surface area contributed by atoms with Crippen LogP contribution in [0, 0.1) is 5.21 Å². The van der Waals surface area contributed by atoms with Gasteiger partial charge in [-0.05, 0) is 35.9 Å². The Morgan fingerprint density at radius 1 is 0.852 bits per heavy atom. The van der Waals surface area contributed by atoms with Crippen LogP contribution < -0.4 is 19.9 Å². The lowest BCUT2D eigenvalue weighted by Crippen LogP contribution is -2.38. The first-order chi connectivity index (χ1) is 13.2. The summed E-state index contributed by atoms with van der Waals surface area (Å²) in [6.45, 7) is 0.179. The van der Waals surface area contributed by atoms with Crippen LogP contribution in [-0.2, 0) is 6.61 Å². The topological polar surface area (TPSA) is 67.4 Å². The Kier molecular flexibility index (Phi) is 4.45. The summed E-state index contributed by atoms with van der Waals surface area (Å²) in [5.74, 6) is 1.47. The quantitative estimate of drug-likeness (QED) is 0.405. The van der Waals surface area contributed by atoms with Crippen LogP contribution in [-0.4, -0.2) is 4.73 Å². The molecule has 6 nitrogen and oxygen atoms in total. The standard InChI is InChI=1S/C21H16N2O4/c24-21-14-22(25)19-8-4-5-9-20(19)23(21)26-15-16-10-12-18(13-11-16)27-17-6-2-1-3-7-17/h1-14H,15H2. The molecular formula is C21H16N2O4. The molecule has 1 heterocycles. The lowest BCUT2D eigenvalue weighted by atomic mass is 10.2. The molecule has 4 rings (SSSR count). The third kappa shape index (κ3) is 3.59. The molecule has 0 saturated heterocycles. The van der Waals surface area contributed by atoms with Gasteiger partial charge in [0.2, 0.25) is 11.7 Å². The van der Waals surface area contributed by atoms with E-state index < -0.39 is 5.56 Å². The highest BCUT2D eigenvalue weighted by atomic mass is 16.7. The SMILES string of the molecule is O=c1c[n+]([O-])c2ccccc2n1OCc1ccc(Oc2ccccc2)cc1. The van der Waals surface area contributed by atoms with E-state index in [9.17, 15) is 10.0 Å². The Labute approximate surface area is 155 Å². The van der Waals surface area contributed by atoms with E-state index in [1.54, 1.807) is 24.3 Å². The van der Waals surface area contributed by atoms with E-state index in [1.165, 1.54) is 0 Å². The van der Waals surface area contributed by atoms with E-state index in [0.717, 1.165) is 22.2 Å². The van der Waals surface area contributed by atoms with Crippen molar-refractivity contribution >= 4 is 11.0 Å². The molecular weight excluding hydrogens is 344 g/mol. The molecule has 0 aliphatic rings. The van der Waals surface area contributed by atoms with Crippen LogP contribution >= 0.6 is 0 Å². The van der Waals surface area contributed by atoms with Crippen LogP contribution in [0.1, 0.15) is 5.56 Å². The molecule has 3 aromatic carbocycles. The van der Waals surface area contributed by atoms with E-state index in [1.807, 2.05) is 54.6 Å². The van der Waals surface area contributed by atoms with Gasteiger partial charge in [0.05, 0.1) is 0 Å². The second kappa shape index (κ2) is 7.21. The maximum atomic E-state index is 12.1. The minimum Gasteiger partial charge on any atom is -0.618 e. The van der Waals surface area contributed by atoms with Crippen LogP contribution in [0.5, 0.6) is 11.5 Å². The molecule has 0 amide bonds. The summed E-state index contributed by atoms with van der Waals surface area (Å²) in [4.78, 5) is 17.8. The van der Waals surface area contributed by atoms with Gasteiger partial charge in [-0.1, -0.05) is 42.5 Å². The summed E-state index contributed by atoms with van der Waals surface area (Å²) in [7, 11) is 0. The number of fused-ring (bicyclic) bond motifs is 1. The van der Waals surface area contributed by atoms with E-state index in [2.05, 4.69) is 0 Å². The molecule has 1 aromatic heterocycles. The maximum absolute atomic E-state index is 12.1. The van der Waals surface area contributed by atoms with Gasteiger partial charge in [0, 0.05) is 6.07 Å². The molecule has 4 aromatic rings. The van der Waals surface area contributed by atoms with Gasteiger partial charge >= 0.3 is 5.56 Å². The van der Waals surface area contributed by atoms with Crippen molar-refractivity contribution in [1.29, 1.82) is 0 Å². The Morgan fingerprint density at radius 2 is 1.52 bits per heavy atom.